The molecule has 0 amide bonds. The van der Waals surface area contributed by atoms with Gasteiger partial charge in [0, 0.05) is 5.97 Å². The third kappa shape index (κ3) is 1.52. The maximum atomic E-state index is 10.7. The second-order valence-corrected chi connectivity index (χ2v) is 4.85. The molecule has 14 heavy (non-hydrogen) atoms. The Labute approximate surface area is 84.2 Å². The van der Waals surface area contributed by atoms with Crippen LogP contribution in [0.3, 0.4) is 0 Å². The SMILES string of the molecule is N#CB1CC2(CCC(C(=O)O)CC2)C1. The molecule has 0 aromatic heterocycles. The second kappa shape index (κ2) is 3.31. The molecular weight excluding hydrogens is 177 g/mol. The van der Waals surface area contributed by atoms with Gasteiger partial charge in [0.15, 0.2) is 0 Å². The first-order valence-electron chi connectivity index (χ1n) is 5.28. The second-order valence-electron chi connectivity index (χ2n) is 4.85. The van der Waals surface area contributed by atoms with Crippen LogP contribution >= 0.6 is 0 Å². The van der Waals surface area contributed by atoms with Gasteiger partial charge in [-0.1, -0.05) is 12.6 Å². The zero-order valence-electron chi connectivity index (χ0n) is 8.20. The van der Waals surface area contributed by atoms with Crippen molar-refractivity contribution >= 4 is 12.7 Å². The first-order valence-corrected chi connectivity index (χ1v) is 5.28. The predicted molar refractivity (Wildman–Crippen MR) is 53.0 cm³/mol. The molecule has 4 heteroatoms. The van der Waals surface area contributed by atoms with Crippen molar-refractivity contribution in [2.45, 2.75) is 38.3 Å². The summed E-state index contributed by atoms with van der Waals surface area (Å²) >= 11 is 0. The largest absolute Gasteiger partial charge is 0.481 e. The van der Waals surface area contributed by atoms with Crippen molar-refractivity contribution in [1.29, 1.82) is 5.26 Å². The zero-order valence-corrected chi connectivity index (χ0v) is 8.20. The molecule has 0 bridgehead atoms. The molecule has 1 aliphatic carbocycles. The average Bonchev–Trinajstić information content (AvgIpc) is 2.14. The molecule has 3 nitrogen and oxygen atoms in total. The number of rotatable bonds is 1. The summed E-state index contributed by atoms with van der Waals surface area (Å²) < 4.78 is 0. The summed E-state index contributed by atoms with van der Waals surface area (Å²) in [7, 11) is 0. The summed E-state index contributed by atoms with van der Waals surface area (Å²) in [5.74, 6) is 1.52. The van der Waals surface area contributed by atoms with Gasteiger partial charge in [-0.2, -0.15) is 0 Å². The fraction of sp³-hybridized carbons (Fsp3) is 0.800. The molecule has 74 valence electrons. The Bertz CT molecular complexity index is 281. The fourth-order valence-electron chi connectivity index (χ4n) is 2.96. The maximum absolute atomic E-state index is 10.7. The van der Waals surface area contributed by atoms with Crippen molar-refractivity contribution in [1.82, 2.24) is 0 Å². The lowest BCUT2D eigenvalue weighted by Gasteiger charge is -2.47. The van der Waals surface area contributed by atoms with Crippen molar-refractivity contribution in [3.8, 4) is 5.97 Å². The van der Waals surface area contributed by atoms with Gasteiger partial charge in [-0.3, -0.25) is 4.79 Å². The number of carboxylic acid groups (broad SMARTS) is 1. The van der Waals surface area contributed by atoms with E-state index in [-0.39, 0.29) is 12.6 Å². The number of carbonyl (C=O) groups is 1. The van der Waals surface area contributed by atoms with Crippen molar-refractivity contribution in [3.05, 3.63) is 0 Å². The minimum absolute atomic E-state index is 0.123. The number of aliphatic carboxylic acids is 1. The molecule has 1 heterocycles. The molecule has 1 spiro atoms. The molecule has 0 atom stereocenters. The van der Waals surface area contributed by atoms with E-state index in [1.165, 1.54) is 0 Å². The lowest BCUT2D eigenvalue weighted by molar-refractivity contribution is -0.143. The molecule has 2 rings (SSSR count). The number of carboxylic acids is 1. The highest BCUT2D eigenvalue weighted by atomic mass is 16.4. The van der Waals surface area contributed by atoms with Gasteiger partial charge in [0.1, 0.15) is 0 Å². The van der Waals surface area contributed by atoms with E-state index in [1.54, 1.807) is 0 Å². The first kappa shape index (κ1) is 9.58. The van der Waals surface area contributed by atoms with Crippen LogP contribution in [-0.2, 0) is 4.79 Å². The van der Waals surface area contributed by atoms with Crippen LogP contribution < -0.4 is 0 Å². The fourth-order valence-corrected chi connectivity index (χ4v) is 2.96. The number of nitriles is 1. The molecule has 0 unspecified atom stereocenters. The van der Waals surface area contributed by atoms with Gasteiger partial charge < -0.3 is 5.11 Å². The molecule has 1 aliphatic heterocycles. The minimum Gasteiger partial charge on any atom is -0.481 e. The van der Waals surface area contributed by atoms with Crippen molar-refractivity contribution in [2.24, 2.45) is 11.3 Å². The van der Waals surface area contributed by atoms with Crippen LogP contribution in [0.25, 0.3) is 0 Å². The third-order valence-electron chi connectivity index (χ3n) is 3.94. The van der Waals surface area contributed by atoms with Gasteiger partial charge in [-0.25, -0.2) is 5.26 Å². The van der Waals surface area contributed by atoms with E-state index in [1.807, 2.05) is 0 Å². The molecular formula is C10H14BNO2. The summed E-state index contributed by atoms with van der Waals surface area (Å²) in [6.45, 7) is 0.247. The minimum atomic E-state index is -0.643. The standard InChI is InChI=1S/C10H14BNO2/c12-7-11-5-10(6-11)3-1-8(2-4-10)9(13)14/h8H,1-6H2,(H,13,14). The Kier molecular flexibility index (Phi) is 2.26. The van der Waals surface area contributed by atoms with Crippen molar-refractivity contribution in [3.63, 3.8) is 0 Å². The zero-order chi connectivity index (χ0) is 10.2. The monoisotopic (exact) mass is 191 g/mol. The molecule has 2 aliphatic rings. The Hall–Kier alpha value is -0.975. The van der Waals surface area contributed by atoms with E-state index in [0.29, 0.717) is 5.41 Å². The summed E-state index contributed by atoms with van der Waals surface area (Å²) in [6.07, 6.45) is 5.68. The molecule has 0 radical (unpaired) electrons. The molecule has 2 fully saturated rings. The maximum Gasteiger partial charge on any atom is 0.306 e. The van der Waals surface area contributed by atoms with Gasteiger partial charge in [0.2, 0.25) is 0 Å². The van der Waals surface area contributed by atoms with E-state index in [9.17, 15) is 4.79 Å². The summed E-state index contributed by atoms with van der Waals surface area (Å²) in [4.78, 5) is 10.7. The molecule has 1 saturated heterocycles. The lowest BCUT2D eigenvalue weighted by Crippen LogP contribution is -2.44. The summed E-state index contributed by atoms with van der Waals surface area (Å²) in [5, 5.41) is 17.5. The highest BCUT2D eigenvalue weighted by molar-refractivity contribution is 6.70. The Balaban J connectivity index is 1.86. The number of hydrogen-bond acceptors (Lipinski definition) is 2. The van der Waals surface area contributed by atoms with Gasteiger partial charge in [-0.15, -0.1) is 0 Å². The predicted octanol–water partition coefficient (Wildman–Crippen LogP) is 1.82. The molecule has 1 saturated carbocycles. The van der Waals surface area contributed by atoms with Crippen LogP contribution in [0.1, 0.15) is 25.7 Å². The van der Waals surface area contributed by atoms with Crippen LogP contribution in [0.4, 0.5) is 0 Å². The topological polar surface area (TPSA) is 61.1 Å². The molecule has 0 aromatic carbocycles. The highest BCUT2D eigenvalue weighted by Gasteiger charge is 2.48. The van der Waals surface area contributed by atoms with E-state index >= 15 is 0 Å². The van der Waals surface area contributed by atoms with E-state index in [2.05, 4.69) is 5.97 Å². The lowest BCUT2D eigenvalue weighted by atomic mass is 9.25. The van der Waals surface area contributed by atoms with Crippen LogP contribution in [0.2, 0.25) is 12.6 Å². The van der Waals surface area contributed by atoms with Crippen LogP contribution in [0.5, 0.6) is 0 Å². The first-order chi connectivity index (χ1) is 6.65. The van der Waals surface area contributed by atoms with Crippen LogP contribution in [0.15, 0.2) is 0 Å². The summed E-state index contributed by atoms with van der Waals surface area (Å²) in [5.41, 5.74) is 0.354. The van der Waals surface area contributed by atoms with Gasteiger partial charge in [-0.05, 0) is 31.1 Å². The van der Waals surface area contributed by atoms with Crippen LogP contribution in [0, 0.1) is 22.6 Å². The van der Waals surface area contributed by atoms with Crippen molar-refractivity contribution < 1.29 is 9.90 Å². The number of nitrogens with zero attached hydrogens (tertiary/aromatic N) is 1. The molecule has 0 aromatic rings. The quantitative estimate of drug-likeness (QED) is 0.643. The smallest absolute Gasteiger partial charge is 0.306 e. The van der Waals surface area contributed by atoms with Crippen molar-refractivity contribution in [2.75, 3.05) is 0 Å². The van der Waals surface area contributed by atoms with Gasteiger partial charge in [0.25, 0.3) is 6.71 Å². The Morgan fingerprint density at radius 2 is 2.00 bits per heavy atom. The third-order valence-corrected chi connectivity index (χ3v) is 3.94. The van der Waals surface area contributed by atoms with E-state index in [0.717, 1.165) is 38.3 Å². The normalized spacial score (nSPS) is 25.5. The van der Waals surface area contributed by atoms with E-state index < -0.39 is 5.97 Å². The van der Waals surface area contributed by atoms with Gasteiger partial charge >= 0.3 is 5.97 Å². The van der Waals surface area contributed by atoms with Crippen LogP contribution in [-0.4, -0.2) is 17.8 Å². The Morgan fingerprint density at radius 1 is 1.43 bits per heavy atom. The van der Waals surface area contributed by atoms with E-state index in [4.69, 9.17) is 10.4 Å². The molecule has 1 N–H and O–H groups in total. The number of hydrogen-bond donors (Lipinski definition) is 1. The average molecular weight is 191 g/mol. The van der Waals surface area contributed by atoms with Gasteiger partial charge in [0.05, 0.1) is 5.92 Å². The Morgan fingerprint density at radius 3 is 2.43 bits per heavy atom. The highest BCUT2D eigenvalue weighted by Crippen LogP contribution is 2.53. The summed E-state index contributed by atoms with van der Waals surface area (Å²) in [6, 6.07) is 0.